The van der Waals surface area contributed by atoms with Gasteiger partial charge in [0.25, 0.3) is 0 Å². The minimum absolute atomic E-state index is 0.170. The highest BCUT2D eigenvalue weighted by Gasteiger charge is 2.09. The Morgan fingerprint density at radius 1 is 1.10 bits per heavy atom. The molecule has 0 fully saturated rings. The standard InChI is InChI=1S/C16H17Cl2NS/c1-3-20-16-7-5-4-6-15(16)19-11(2)12-8-9-13(17)14(18)10-12/h4-11,19H,3H2,1-2H3. The lowest BCUT2D eigenvalue weighted by Gasteiger charge is -2.18. The molecule has 0 amide bonds. The molecule has 2 aromatic rings. The van der Waals surface area contributed by atoms with Crippen LogP contribution >= 0.6 is 35.0 Å². The molecule has 1 nitrogen and oxygen atoms in total. The van der Waals surface area contributed by atoms with E-state index in [1.54, 1.807) is 0 Å². The van der Waals surface area contributed by atoms with Crippen LogP contribution in [0.2, 0.25) is 10.0 Å². The summed E-state index contributed by atoms with van der Waals surface area (Å²) in [7, 11) is 0. The molecular weight excluding hydrogens is 309 g/mol. The van der Waals surface area contributed by atoms with Crippen molar-refractivity contribution >= 4 is 40.7 Å². The van der Waals surface area contributed by atoms with Gasteiger partial charge in [0.15, 0.2) is 0 Å². The Morgan fingerprint density at radius 2 is 1.85 bits per heavy atom. The van der Waals surface area contributed by atoms with E-state index in [-0.39, 0.29) is 6.04 Å². The van der Waals surface area contributed by atoms with Crippen LogP contribution in [0.1, 0.15) is 25.5 Å². The number of anilines is 1. The summed E-state index contributed by atoms with van der Waals surface area (Å²) in [5, 5.41) is 4.71. The van der Waals surface area contributed by atoms with E-state index in [9.17, 15) is 0 Å². The molecule has 0 aliphatic carbocycles. The van der Waals surface area contributed by atoms with Gasteiger partial charge in [0, 0.05) is 16.6 Å². The second kappa shape index (κ2) is 7.26. The molecule has 1 N–H and O–H groups in total. The van der Waals surface area contributed by atoms with Gasteiger partial charge < -0.3 is 5.32 Å². The number of thioether (sulfide) groups is 1. The zero-order valence-electron chi connectivity index (χ0n) is 11.5. The van der Waals surface area contributed by atoms with Crippen molar-refractivity contribution in [3.05, 3.63) is 58.1 Å². The lowest BCUT2D eigenvalue weighted by molar-refractivity contribution is 0.879. The molecule has 0 aliphatic heterocycles. The summed E-state index contributed by atoms with van der Waals surface area (Å²) < 4.78 is 0. The van der Waals surface area contributed by atoms with Crippen LogP contribution < -0.4 is 5.32 Å². The number of nitrogens with one attached hydrogen (secondary N) is 1. The number of hydrogen-bond acceptors (Lipinski definition) is 2. The summed E-state index contributed by atoms with van der Waals surface area (Å²) in [4.78, 5) is 1.27. The van der Waals surface area contributed by atoms with Crippen molar-refractivity contribution in [2.75, 3.05) is 11.1 Å². The van der Waals surface area contributed by atoms with Crippen LogP contribution in [-0.2, 0) is 0 Å². The van der Waals surface area contributed by atoms with Gasteiger partial charge in [0.05, 0.1) is 10.0 Å². The summed E-state index contributed by atoms with van der Waals surface area (Å²) in [5.74, 6) is 1.06. The molecule has 0 spiro atoms. The van der Waals surface area contributed by atoms with E-state index in [1.165, 1.54) is 4.90 Å². The van der Waals surface area contributed by atoms with Gasteiger partial charge in [-0.25, -0.2) is 0 Å². The molecule has 0 bridgehead atoms. The third-order valence-electron chi connectivity index (χ3n) is 3.00. The first kappa shape index (κ1) is 15.6. The highest BCUT2D eigenvalue weighted by molar-refractivity contribution is 7.99. The van der Waals surface area contributed by atoms with Crippen LogP contribution in [0.15, 0.2) is 47.4 Å². The third-order valence-corrected chi connectivity index (χ3v) is 4.70. The molecule has 4 heteroatoms. The second-order valence-electron chi connectivity index (χ2n) is 4.47. The fourth-order valence-electron chi connectivity index (χ4n) is 1.97. The molecule has 20 heavy (non-hydrogen) atoms. The predicted molar refractivity (Wildman–Crippen MR) is 91.3 cm³/mol. The maximum absolute atomic E-state index is 6.08. The Bertz CT molecular complexity index is 586. The van der Waals surface area contributed by atoms with Crippen molar-refractivity contribution in [2.24, 2.45) is 0 Å². The van der Waals surface area contributed by atoms with Gasteiger partial charge in [-0.05, 0) is 42.5 Å². The van der Waals surface area contributed by atoms with Crippen LogP contribution in [-0.4, -0.2) is 5.75 Å². The fourth-order valence-corrected chi connectivity index (χ4v) is 3.04. The van der Waals surface area contributed by atoms with Crippen molar-refractivity contribution in [3.63, 3.8) is 0 Å². The normalized spacial score (nSPS) is 12.2. The summed E-state index contributed by atoms with van der Waals surface area (Å²) in [5.41, 5.74) is 2.27. The molecule has 0 radical (unpaired) electrons. The Kier molecular flexibility index (Phi) is 5.64. The van der Waals surface area contributed by atoms with Crippen molar-refractivity contribution in [2.45, 2.75) is 24.8 Å². The predicted octanol–water partition coefficient (Wildman–Crippen LogP) is 6.28. The van der Waals surface area contributed by atoms with E-state index in [1.807, 2.05) is 36.0 Å². The van der Waals surface area contributed by atoms with Gasteiger partial charge in [0.1, 0.15) is 0 Å². The summed E-state index contributed by atoms with van der Waals surface area (Å²) >= 11 is 13.9. The molecule has 0 aliphatic rings. The van der Waals surface area contributed by atoms with Gasteiger partial charge >= 0.3 is 0 Å². The first-order valence-electron chi connectivity index (χ1n) is 6.55. The minimum atomic E-state index is 0.170. The van der Waals surface area contributed by atoms with Gasteiger partial charge in [-0.3, -0.25) is 0 Å². The fraction of sp³-hybridized carbons (Fsp3) is 0.250. The molecular formula is C16H17Cl2NS. The second-order valence-corrected chi connectivity index (χ2v) is 6.59. The molecule has 0 heterocycles. The van der Waals surface area contributed by atoms with Crippen molar-refractivity contribution in [1.82, 2.24) is 0 Å². The molecule has 0 aromatic heterocycles. The van der Waals surface area contributed by atoms with Gasteiger partial charge in [0.2, 0.25) is 0 Å². The van der Waals surface area contributed by atoms with E-state index in [2.05, 4.69) is 37.4 Å². The number of hydrogen-bond donors (Lipinski definition) is 1. The lowest BCUT2D eigenvalue weighted by Crippen LogP contribution is -2.07. The zero-order chi connectivity index (χ0) is 14.5. The quantitative estimate of drug-likeness (QED) is 0.649. The highest BCUT2D eigenvalue weighted by atomic mass is 35.5. The van der Waals surface area contributed by atoms with E-state index < -0.39 is 0 Å². The molecule has 1 unspecified atom stereocenters. The van der Waals surface area contributed by atoms with Crippen molar-refractivity contribution in [3.8, 4) is 0 Å². The van der Waals surface area contributed by atoms with Crippen LogP contribution in [0.3, 0.4) is 0 Å². The smallest absolute Gasteiger partial charge is 0.0595 e. The average Bonchev–Trinajstić information content (AvgIpc) is 2.44. The molecule has 0 saturated heterocycles. The summed E-state index contributed by atoms with van der Waals surface area (Å²) in [6.45, 7) is 4.27. The average molecular weight is 326 g/mol. The monoisotopic (exact) mass is 325 g/mol. The topological polar surface area (TPSA) is 12.0 Å². The Labute approximate surface area is 134 Å². The molecule has 1 atom stereocenters. The number of rotatable bonds is 5. The zero-order valence-corrected chi connectivity index (χ0v) is 13.8. The van der Waals surface area contributed by atoms with E-state index >= 15 is 0 Å². The molecule has 2 rings (SSSR count). The van der Waals surface area contributed by atoms with E-state index in [0.717, 1.165) is 17.0 Å². The Balaban J connectivity index is 2.18. The van der Waals surface area contributed by atoms with Crippen molar-refractivity contribution < 1.29 is 0 Å². The minimum Gasteiger partial charge on any atom is -0.378 e. The van der Waals surface area contributed by atoms with Crippen LogP contribution in [0.4, 0.5) is 5.69 Å². The Morgan fingerprint density at radius 3 is 2.55 bits per heavy atom. The van der Waals surface area contributed by atoms with Crippen LogP contribution in [0.25, 0.3) is 0 Å². The van der Waals surface area contributed by atoms with Crippen molar-refractivity contribution in [1.29, 1.82) is 0 Å². The van der Waals surface area contributed by atoms with E-state index in [0.29, 0.717) is 10.0 Å². The molecule has 2 aromatic carbocycles. The molecule has 0 saturated carbocycles. The first-order valence-corrected chi connectivity index (χ1v) is 8.29. The number of halogens is 2. The maximum Gasteiger partial charge on any atom is 0.0595 e. The van der Waals surface area contributed by atoms with Crippen LogP contribution in [0.5, 0.6) is 0 Å². The lowest BCUT2D eigenvalue weighted by atomic mass is 10.1. The number of benzene rings is 2. The third kappa shape index (κ3) is 3.85. The maximum atomic E-state index is 6.08. The number of para-hydroxylation sites is 1. The highest BCUT2D eigenvalue weighted by Crippen LogP contribution is 2.31. The Hall–Kier alpha value is -0.830. The summed E-state index contributed by atoms with van der Waals surface area (Å²) in [6.07, 6.45) is 0. The van der Waals surface area contributed by atoms with Gasteiger partial charge in [-0.1, -0.05) is 48.3 Å². The largest absolute Gasteiger partial charge is 0.378 e. The van der Waals surface area contributed by atoms with E-state index in [4.69, 9.17) is 23.2 Å². The summed E-state index contributed by atoms with van der Waals surface area (Å²) in [6, 6.07) is 14.3. The SMILES string of the molecule is CCSc1ccccc1NC(C)c1ccc(Cl)c(Cl)c1. The van der Waals surface area contributed by atoms with Gasteiger partial charge in [-0.2, -0.15) is 0 Å². The van der Waals surface area contributed by atoms with Gasteiger partial charge in [-0.15, -0.1) is 11.8 Å². The first-order chi connectivity index (χ1) is 9.61. The van der Waals surface area contributed by atoms with Crippen LogP contribution in [0, 0.1) is 0 Å². The molecule has 106 valence electrons.